The molecule has 0 bridgehead atoms. The predicted octanol–water partition coefficient (Wildman–Crippen LogP) is 5.72. The van der Waals surface area contributed by atoms with Crippen molar-refractivity contribution in [3.05, 3.63) is 69.9 Å². The van der Waals surface area contributed by atoms with Gasteiger partial charge in [-0.1, -0.05) is 54.9 Å². The molecule has 0 saturated heterocycles. The van der Waals surface area contributed by atoms with Crippen molar-refractivity contribution in [1.82, 2.24) is 14.5 Å². The number of rotatable bonds is 6. The summed E-state index contributed by atoms with van der Waals surface area (Å²) in [6, 6.07) is 9.25. The van der Waals surface area contributed by atoms with Gasteiger partial charge in [-0.05, 0) is 35.7 Å². The maximum atomic E-state index is 11.6. The third kappa shape index (κ3) is 4.29. The van der Waals surface area contributed by atoms with Crippen LogP contribution in [0.15, 0.2) is 52.6 Å². The molecule has 0 aliphatic carbocycles. The molecule has 2 heterocycles. The highest BCUT2D eigenvalue weighted by Crippen LogP contribution is 2.37. The molecule has 0 unspecified atom stereocenters. The van der Waals surface area contributed by atoms with Gasteiger partial charge in [0.1, 0.15) is 5.03 Å². The van der Waals surface area contributed by atoms with Crippen LogP contribution in [0.2, 0.25) is 10.0 Å². The molecule has 0 fully saturated rings. The molecule has 0 aliphatic rings. The first-order chi connectivity index (χ1) is 12.5. The molecule has 0 N–H and O–H groups in total. The minimum atomic E-state index is 0.168. The average Bonchev–Trinajstić information content (AvgIpc) is 2.93. The molecule has 2 aromatic heterocycles. The minimum Gasteiger partial charge on any atom is -0.312 e. The summed E-state index contributed by atoms with van der Waals surface area (Å²) in [6.45, 7) is 4.62. The van der Waals surface area contributed by atoms with Gasteiger partial charge in [0, 0.05) is 27.3 Å². The first-order valence-corrected chi connectivity index (χ1v) is 9.63. The van der Waals surface area contributed by atoms with Crippen LogP contribution in [0.25, 0.3) is 0 Å². The quantitative estimate of drug-likeness (QED) is 0.491. The van der Waals surface area contributed by atoms with E-state index in [1.54, 1.807) is 18.5 Å². The van der Waals surface area contributed by atoms with Gasteiger partial charge in [0.05, 0.1) is 12.2 Å². The van der Waals surface area contributed by atoms with Crippen molar-refractivity contribution >= 4 is 41.2 Å². The Labute approximate surface area is 166 Å². The lowest BCUT2D eigenvalue weighted by molar-refractivity contribution is 0.111. The minimum absolute atomic E-state index is 0.168. The van der Waals surface area contributed by atoms with E-state index in [-0.39, 0.29) is 5.92 Å². The average molecular weight is 406 g/mol. The fraction of sp³-hybridized carbons (Fsp3) is 0.211. The molecule has 1 aromatic carbocycles. The van der Waals surface area contributed by atoms with Gasteiger partial charge in [-0.15, -0.1) is 0 Å². The van der Waals surface area contributed by atoms with Crippen molar-refractivity contribution in [3.63, 3.8) is 0 Å². The van der Waals surface area contributed by atoms with Crippen molar-refractivity contribution in [1.29, 1.82) is 0 Å². The maximum Gasteiger partial charge on any atom is 0.185 e. The fourth-order valence-electron chi connectivity index (χ4n) is 2.57. The first-order valence-electron chi connectivity index (χ1n) is 8.06. The highest BCUT2D eigenvalue weighted by molar-refractivity contribution is 7.99. The molecular formula is C19H17Cl2N3OS. The Bertz CT molecular complexity index is 906. The van der Waals surface area contributed by atoms with E-state index in [4.69, 9.17) is 23.2 Å². The number of pyridine rings is 1. The van der Waals surface area contributed by atoms with Gasteiger partial charge >= 0.3 is 0 Å². The van der Waals surface area contributed by atoms with Crippen molar-refractivity contribution < 1.29 is 4.79 Å². The Morgan fingerprint density at radius 3 is 2.54 bits per heavy atom. The van der Waals surface area contributed by atoms with E-state index < -0.39 is 0 Å². The Morgan fingerprint density at radius 1 is 1.23 bits per heavy atom. The van der Waals surface area contributed by atoms with Crippen molar-refractivity contribution in [3.8, 4) is 0 Å². The van der Waals surface area contributed by atoms with E-state index in [9.17, 15) is 4.79 Å². The van der Waals surface area contributed by atoms with Gasteiger partial charge in [-0.2, -0.15) is 0 Å². The van der Waals surface area contributed by atoms with E-state index in [1.807, 2.05) is 28.8 Å². The topological polar surface area (TPSA) is 47.8 Å². The van der Waals surface area contributed by atoms with Gasteiger partial charge in [0.15, 0.2) is 12.1 Å². The number of aromatic nitrogens is 3. The zero-order valence-electron chi connectivity index (χ0n) is 14.3. The van der Waals surface area contributed by atoms with Gasteiger partial charge < -0.3 is 4.57 Å². The number of carbonyl (C=O) groups is 1. The maximum absolute atomic E-state index is 11.6. The Morgan fingerprint density at radius 2 is 1.96 bits per heavy atom. The van der Waals surface area contributed by atoms with E-state index in [0.717, 1.165) is 27.5 Å². The van der Waals surface area contributed by atoms with E-state index in [0.29, 0.717) is 22.4 Å². The number of aldehydes is 1. The van der Waals surface area contributed by atoms with Crippen LogP contribution >= 0.6 is 35.0 Å². The molecular weight excluding hydrogens is 389 g/mol. The monoisotopic (exact) mass is 405 g/mol. The molecule has 3 aromatic rings. The zero-order chi connectivity index (χ0) is 18.7. The van der Waals surface area contributed by atoms with Crippen LogP contribution in [-0.4, -0.2) is 20.8 Å². The Balaban J connectivity index is 2.08. The molecule has 3 rings (SSSR count). The lowest BCUT2D eigenvalue weighted by Gasteiger charge is -2.12. The van der Waals surface area contributed by atoms with Crippen LogP contribution in [0, 0.1) is 0 Å². The zero-order valence-corrected chi connectivity index (χ0v) is 16.6. The predicted molar refractivity (Wildman–Crippen MR) is 106 cm³/mol. The summed E-state index contributed by atoms with van der Waals surface area (Å²) < 4.78 is 1.92. The molecule has 0 amide bonds. The largest absolute Gasteiger partial charge is 0.312 e. The van der Waals surface area contributed by atoms with E-state index in [2.05, 4.69) is 23.8 Å². The van der Waals surface area contributed by atoms with Gasteiger partial charge in [-0.3, -0.25) is 9.78 Å². The summed E-state index contributed by atoms with van der Waals surface area (Å²) in [5.74, 6) is 0.564. The van der Waals surface area contributed by atoms with Crippen molar-refractivity contribution in [2.75, 3.05) is 0 Å². The second kappa shape index (κ2) is 8.25. The summed E-state index contributed by atoms with van der Waals surface area (Å²) in [7, 11) is 0. The Kier molecular flexibility index (Phi) is 6.01. The van der Waals surface area contributed by atoms with Crippen molar-refractivity contribution in [2.45, 2.75) is 36.2 Å². The van der Waals surface area contributed by atoms with E-state index in [1.165, 1.54) is 11.8 Å². The molecule has 134 valence electrons. The van der Waals surface area contributed by atoms with Crippen LogP contribution in [0.5, 0.6) is 0 Å². The summed E-state index contributed by atoms with van der Waals surface area (Å²) in [5.41, 5.74) is 1.87. The molecule has 7 heteroatoms. The SMILES string of the molecule is CC(C)c1nc(C=O)n(Cc2cccnc2)c1Sc1cc(Cl)cc(Cl)c1. The molecule has 26 heavy (non-hydrogen) atoms. The number of carbonyl (C=O) groups excluding carboxylic acids is 1. The fourth-order valence-corrected chi connectivity index (χ4v) is 4.48. The van der Waals surface area contributed by atoms with Crippen molar-refractivity contribution in [2.24, 2.45) is 0 Å². The number of nitrogens with zero attached hydrogens (tertiary/aromatic N) is 3. The second-order valence-electron chi connectivity index (χ2n) is 6.09. The number of hydrogen-bond donors (Lipinski definition) is 0. The molecule has 0 saturated carbocycles. The van der Waals surface area contributed by atoms with Gasteiger partial charge in [0.2, 0.25) is 0 Å². The highest BCUT2D eigenvalue weighted by Gasteiger charge is 2.20. The second-order valence-corrected chi connectivity index (χ2v) is 8.02. The first kappa shape index (κ1) is 19.0. The van der Waals surface area contributed by atoms with Gasteiger partial charge in [0.25, 0.3) is 0 Å². The number of imidazole rings is 1. The van der Waals surface area contributed by atoms with Crippen LogP contribution < -0.4 is 0 Å². The molecule has 0 spiro atoms. The number of hydrogen-bond acceptors (Lipinski definition) is 4. The summed E-state index contributed by atoms with van der Waals surface area (Å²) in [5, 5.41) is 2.05. The normalized spacial score (nSPS) is 11.1. The number of benzene rings is 1. The standard InChI is InChI=1S/C19H17Cl2N3OS/c1-12(2)18-19(26-16-7-14(20)6-15(21)8-16)24(17(11-25)23-18)10-13-4-3-5-22-9-13/h3-9,11-12H,10H2,1-2H3. The van der Waals surface area contributed by atoms with E-state index >= 15 is 0 Å². The van der Waals surface area contributed by atoms with Gasteiger partial charge in [-0.25, -0.2) is 4.98 Å². The highest BCUT2D eigenvalue weighted by atomic mass is 35.5. The Hall–Kier alpha value is -1.82. The van der Waals surface area contributed by atoms with Crippen LogP contribution in [0.4, 0.5) is 0 Å². The lowest BCUT2D eigenvalue weighted by atomic mass is 10.1. The van der Waals surface area contributed by atoms with Crippen LogP contribution in [0.3, 0.4) is 0 Å². The third-order valence-corrected chi connectivity index (χ3v) is 5.27. The molecule has 0 aliphatic heterocycles. The summed E-state index contributed by atoms with van der Waals surface area (Å²) in [6.07, 6.45) is 4.30. The number of halogens is 2. The molecule has 4 nitrogen and oxygen atoms in total. The lowest BCUT2D eigenvalue weighted by Crippen LogP contribution is -2.06. The molecule has 0 atom stereocenters. The molecule has 0 radical (unpaired) electrons. The summed E-state index contributed by atoms with van der Waals surface area (Å²) in [4.78, 5) is 21.2. The summed E-state index contributed by atoms with van der Waals surface area (Å²) >= 11 is 13.8. The van der Waals surface area contributed by atoms with Crippen LogP contribution in [-0.2, 0) is 6.54 Å². The smallest absolute Gasteiger partial charge is 0.185 e. The van der Waals surface area contributed by atoms with Crippen LogP contribution in [0.1, 0.15) is 41.6 Å². The third-order valence-electron chi connectivity index (χ3n) is 3.74.